The lowest BCUT2D eigenvalue weighted by atomic mass is 9.77. The first-order valence-corrected chi connectivity index (χ1v) is 10.1. The van der Waals surface area contributed by atoms with Gasteiger partial charge in [-0.05, 0) is 43.5 Å². The molecule has 9 heteroatoms. The number of alkyl halides is 2. The molecule has 2 aliphatic rings. The predicted molar refractivity (Wildman–Crippen MR) is 92.5 cm³/mol. The Morgan fingerprint density at radius 1 is 1.35 bits per heavy atom. The summed E-state index contributed by atoms with van der Waals surface area (Å²) in [7, 11) is -2.19. The van der Waals surface area contributed by atoms with Crippen molar-refractivity contribution in [2.45, 2.75) is 49.6 Å². The summed E-state index contributed by atoms with van der Waals surface area (Å²) in [5, 5.41) is 2.80. The highest BCUT2D eigenvalue weighted by atomic mass is 32.2. The molecule has 0 unspecified atom stereocenters. The molecule has 1 aliphatic heterocycles. The Bertz CT molecular complexity index is 805. The number of urea groups is 1. The summed E-state index contributed by atoms with van der Waals surface area (Å²) in [6, 6.07) is 4.39. The molecule has 0 radical (unpaired) electrons. The van der Waals surface area contributed by atoms with Crippen molar-refractivity contribution in [2.75, 3.05) is 13.6 Å². The van der Waals surface area contributed by atoms with Crippen molar-refractivity contribution in [3.8, 4) is 0 Å². The van der Waals surface area contributed by atoms with Gasteiger partial charge in [-0.2, -0.15) is 0 Å². The first kappa shape index (κ1) is 19.0. The maximum atomic E-state index is 13.0. The Balaban J connectivity index is 1.67. The van der Waals surface area contributed by atoms with Crippen LogP contribution >= 0.6 is 0 Å². The topological polar surface area (TPSA) is 78.5 Å². The van der Waals surface area contributed by atoms with E-state index in [1.54, 1.807) is 30.0 Å². The Morgan fingerprint density at radius 3 is 2.65 bits per heavy atom. The van der Waals surface area contributed by atoms with E-state index in [1.807, 2.05) is 0 Å². The molecule has 144 valence electrons. The SMILES string of the molecule is CNS(=O)(=O)c1cccc2c1CCN(C(=O)N[C@H](C)C1CC(F)(F)C1)C2. The fraction of sp³-hybridized carbons (Fsp3) is 0.588. The molecule has 1 aliphatic carbocycles. The zero-order valence-corrected chi connectivity index (χ0v) is 15.6. The third-order valence-electron chi connectivity index (χ3n) is 5.25. The van der Waals surface area contributed by atoms with Crippen LogP contribution in [0.1, 0.15) is 30.9 Å². The Morgan fingerprint density at radius 2 is 2.04 bits per heavy atom. The number of carbonyl (C=O) groups excluding carboxylic acids is 1. The minimum absolute atomic E-state index is 0.192. The molecule has 1 saturated carbocycles. The largest absolute Gasteiger partial charge is 0.335 e. The first-order valence-electron chi connectivity index (χ1n) is 8.60. The van der Waals surface area contributed by atoms with Crippen LogP contribution in [-0.4, -0.2) is 44.9 Å². The lowest BCUT2D eigenvalue weighted by Crippen LogP contribution is -2.52. The fourth-order valence-electron chi connectivity index (χ4n) is 3.57. The van der Waals surface area contributed by atoms with Gasteiger partial charge in [-0.15, -0.1) is 0 Å². The Kier molecular flexibility index (Phi) is 4.96. The van der Waals surface area contributed by atoms with Gasteiger partial charge >= 0.3 is 6.03 Å². The number of halogens is 2. The number of hydrogen-bond acceptors (Lipinski definition) is 3. The smallest absolute Gasteiger partial charge is 0.317 e. The highest BCUT2D eigenvalue weighted by Gasteiger charge is 2.47. The molecule has 0 aromatic heterocycles. The van der Waals surface area contributed by atoms with E-state index in [4.69, 9.17) is 0 Å². The number of sulfonamides is 1. The minimum Gasteiger partial charge on any atom is -0.335 e. The van der Waals surface area contributed by atoms with Crippen LogP contribution in [0.15, 0.2) is 23.1 Å². The quantitative estimate of drug-likeness (QED) is 0.831. The second kappa shape index (κ2) is 6.77. The molecule has 3 rings (SSSR count). The van der Waals surface area contributed by atoms with Crippen LogP contribution in [-0.2, 0) is 23.0 Å². The van der Waals surface area contributed by atoms with Gasteiger partial charge in [0.1, 0.15) is 0 Å². The molecule has 1 fully saturated rings. The van der Waals surface area contributed by atoms with E-state index in [-0.39, 0.29) is 35.7 Å². The van der Waals surface area contributed by atoms with Gasteiger partial charge in [0.15, 0.2) is 0 Å². The molecular formula is C17H23F2N3O3S. The number of rotatable bonds is 4. The monoisotopic (exact) mass is 387 g/mol. The number of hydrogen-bond donors (Lipinski definition) is 2. The molecule has 1 aromatic rings. The van der Waals surface area contributed by atoms with Gasteiger partial charge in [0.25, 0.3) is 0 Å². The van der Waals surface area contributed by atoms with Gasteiger partial charge < -0.3 is 10.2 Å². The van der Waals surface area contributed by atoms with E-state index in [2.05, 4.69) is 10.0 Å². The Hall–Kier alpha value is -1.74. The maximum absolute atomic E-state index is 13.0. The fourth-order valence-corrected chi connectivity index (χ4v) is 4.61. The summed E-state index contributed by atoms with van der Waals surface area (Å²) < 4.78 is 52.6. The van der Waals surface area contributed by atoms with E-state index in [0.29, 0.717) is 19.5 Å². The average molecular weight is 387 g/mol. The van der Waals surface area contributed by atoms with E-state index in [9.17, 15) is 22.0 Å². The van der Waals surface area contributed by atoms with Crippen LogP contribution in [0.4, 0.5) is 13.6 Å². The van der Waals surface area contributed by atoms with Crippen LogP contribution < -0.4 is 10.0 Å². The van der Waals surface area contributed by atoms with Crippen molar-refractivity contribution in [3.63, 3.8) is 0 Å². The molecule has 2 N–H and O–H groups in total. The normalized spacial score (nSPS) is 20.8. The van der Waals surface area contributed by atoms with E-state index >= 15 is 0 Å². The van der Waals surface area contributed by atoms with Gasteiger partial charge in [0.2, 0.25) is 15.9 Å². The zero-order valence-electron chi connectivity index (χ0n) is 14.8. The number of carbonyl (C=O) groups is 1. The van der Waals surface area contributed by atoms with E-state index in [0.717, 1.165) is 11.1 Å². The van der Waals surface area contributed by atoms with Crippen molar-refractivity contribution in [3.05, 3.63) is 29.3 Å². The second-order valence-corrected chi connectivity index (χ2v) is 8.89. The van der Waals surface area contributed by atoms with Gasteiger partial charge in [-0.3, -0.25) is 0 Å². The summed E-state index contributed by atoms with van der Waals surface area (Å²) in [5.74, 6) is -2.82. The number of benzene rings is 1. The van der Waals surface area contributed by atoms with Crippen LogP contribution in [0.2, 0.25) is 0 Å². The van der Waals surface area contributed by atoms with Gasteiger partial charge in [-0.1, -0.05) is 12.1 Å². The third-order valence-corrected chi connectivity index (χ3v) is 6.75. The highest BCUT2D eigenvalue weighted by molar-refractivity contribution is 7.89. The third kappa shape index (κ3) is 3.68. The van der Waals surface area contributed by atoms with Crippen LogP contribution in [0.5, 0.6) is 0 Å². The molecule has 1 atom stereocenters. The van der Waals surface area contributed by atoms with Crippen molar-refractivity contribution >= 4 is 16.1 Å². The first-order chi connectivity index (χ1) is 12.1. The van der Waals surface area contributed by atoms with Crippen LogP contribution in [0.25, 0.3) is 0 Å². The van der Waals surface area contributed by atoms with Crippen molar-refractivity contribution in [1.29, 1.82) is 0 Å². The van der Waals surface area contributed by atoms with Crippen molar-refractivity contribution in [2.24, 2.45) is 5.92 Å². The molecule has 0 saturated heterocycles. The predicted octanol–water partition coefficient (Wildman–Crippen LogP) is 2.10. The van der Waals surface area contributed by atoms with Crippen molar-refractivity contribution in [1.82, 2.24) is 14.9 Å². The van der Waals surface area contributed by atoms with Gasteiger partial charge in [0, 0.05) is 32.0 Å². The molecule has 26 heavy (non-hydrogen) atoms. The Labute approximate surface area is 152 Å². The second-order valence-electron chi connectivity index (χ2n) is 7.04. The standard InChI is InChI=1S/C17H23F2N3O3S/c1-11(13-8-17(18,19)9-13)21-16(23)22-7-6-14-12(10-22)4-3-5-15(14)26(24,25)20-2/h3-5,11,13,20H,6-10H2,1-2H3,(H,21,23)/t11-/m1/s1. The van der Waals surface area contributed by atoms with Crippen molar-refractivity contribution < 1.29 is 22.0 Å². The van der Waals surface area contributed by atoms with Gasteiger partial charge in [-0.25, -0.2) is 26.7 Å². The summed E-state index contributed by atoms with van der Waals surface area (Å²) in [6.45, 7) is 2.41. The lowest BCUT2D eigenvalue weighted by Gasteiger charge is -2.40. The molecule has 1 aromatic carbocycles. The zero-order chi connectivity index (χ0) is 19.1. The molecule has 2 amide bonds. The lowest BCUT2D eigenvalue weighted by molar-refractivity contribution is -0.117. The average Bonchev–Trinajstić information content (AvgIpc) is 2.58. The molecule has 6 nitrogen and oxygen atoms in total. The molecule has 1 heterocycles. The van der Waals surface area contributed by atoms with Crippen LogP contribution in [0, 0.1) is 5.92 Å². The number of fused-ring (bicyclic) bond motifs is 1. The molecule has 0 spiro atoms. The number of nitrogens with one attached hydrogen (secondary N) is 2. The van der Waals surface area contributed by atoms with Crippen LogP contribution in [0.3, 0.4) is 0 Å². The maximum Gasteiger partial charge on any atom is 0.317 e. The molecule has 0 bridgehead atoms. The highest BCUT2D eigenvalue weighted by Crippen LogP contribution is 2.44. The minimum atomic E-state index is -3.55. The molecular weight excluding hydrogens is 364 g/mol. The summed E-state index contributed by atoms with van der Waals surface area (Å²) in [4.78, 5) is 14.3. The summed E-state index contributed by atoms with van der Waals surface area (Å²) >= 11 is 0. The van der Waals surface area contributed by atoms with Gasteiger partial charge in [0.05, 0.1) is 4.90 Å². The van der Waals surface area contributed by atoms with E-state index in [1.165, 1.54) is 7.05 Å². The summed E-state index contributed by atoms with van der Waals surface area (Å²) in [6.07, 6.45) is 0.0424. The van der Waals surface area contributed by atoms with E-state index < -0.39 is 15.9 Å². The number of amides is 2. The summed E-state index contributed by atoms with van der Waals surface area (Å²) in [5.41, 5.74) is 1.50. The number of nitrogens with zero attached hydrogens (tertiary/aromatic N) is 1.